The molecule has 0 fully saturated rings. The number of carbonyl (C=O) groups is 1. The van der Waals surface area contributed by atoms with Crippen LogP contribution in [0.1, 0.15) is 11.1 Å². The average molecular weight is 381 g/mol. The molecule has 2 rings (SSSR count). The molecule has 0 spiro atoms. The van der Waals surface area contributed by atoms with E-state index in [1.165, 1.54) is 45.6 Å². The number of halogens is 3. The van der Waals surface area contributed by atoms with E-state index in [9.17, 15) is 18.0 Å². The molecule has 2 aromatic rings. The van der Waals surface area contributed by atoms with Crippen molar-refractivity contribution in [1.82, 2.24) is 0 Å². The number of amides is 1. The summed E-state index contributed by atoms with van der Waals surface area (Å²) >= 11 is 0. The summed E-state index contributed by atoms with van der Waals surface area (Å²) < 4.78 is 54.6. The number of methoxy groups -OCH3 is 3. The Hall–Kier alpha value is -3.16. The molecule has 5 nitrogen and oxygen atoms in total. The fraction of sp³-hybridized carbons (Fsp3) is 0.211. The Kier molecular flexibility index (Phi) is 6.33. The molecule has 0 aliphatic carbocycles. The summed E-state index contributed by atoms with van der Waals surface area (Å²) in [6.07, 6.45) is -2.02. The maximum atomic E-state index is 13.0. The van der Waals surface area contributed by atoms with Gasteiger partial charge in [-0.1, -0.05) is 12.1 Å². The van der Waals surface area contributed by atoms with E-state index in [1.54, 1.807) is 12.1 Å². The van der Waals surface area contributed by atoms with Gasteiger partial charge in [-0.2, -0.15) is 13.2 Å². The van der Waals surface area contributed by atoms with Crippen molar-refractivity contribution >= 4 is 17.7 Å². The molecule has 27 heavy (non-hydrogen) atoms. The van der Waals surface area contributed by atoms with Crippen molar-refractivity contribution < 1.29 is 32.2 Å². The summed E-state index contributed by atoms with van der Waals surface area (Å²) in [5, 5.41) is 2.23. The van der Waals surface area contributed by atoms with Crippen LogP contribution < -0.4 is 19.5 Å². The standard InChI is InChI=1S/C19H18F3NO4/c1-25-15-10-12(11-16(26-2)18(15)27-3)8-9-17(24)23-14-7-5-4-6-13(14)19(20,21)22/h4-11H,1-3H3,(H,23,24). The lowest BCUT2D eigenvalue weighted by Crippen LogP contribution is -2.14. The molecule has 0 heterocycles. The van der Waals surface area contributed by atoms with Crippen molar-refractivity contribution in [2.24, 2.45) is 0 Å². The molecule has 8 heteroatoms. The molecule has 0 aliphatic rings. The number of hydrogen-bond donors (Lipinski definition) is 1. The van der Waals surface area contributed by atoms with Crippen LogP contribution in [0.2, 0.25) is 0 Å². The van der Waals surface area contributed by atoms with Gasteiger partial charge in [0.15, 0.2) is 11.5 Å². The Morgan fingerprint density at radius 3 is 2.11 bits per heavy atom. The van der Waals surface area contributed by atoms with Gasteiger partial charge in [0.2, 0.25) is 11.7 Å². The minimum Gasteiger partial charge on any atom is -0.493 e. The van der Waals surface area contributed by atoms with Crippen molar-refractivity contribution in [3.63, 3.8) is 0 Å². The molecule has 1 N–H and O–H groups in total. The largest absolute Gasteiger partial charge is 0.493 e. The third-order valence-electron chi connectivity index (χ3n) is 3.60. The number of nitrogens with one attached hydrogen (secondary N) is 1. The predicted molar refractivity (Wildman–Crippen MR) is 95.2 cm³/mol. The SMILES string of the molecule is COc1cc(C=CC(=O)Nc2ccccc2C(F)(F)F)cc(OC)c1OC. The van der Waals surface area contributed by atoms with Gasteiger partial charge in [0.1, 0.15) is 0 Å². The van der Waals surface area contributed by atoms with E-state index in [0.717, 1.165) is 12.1 Å². The number of carbonyl (C=O) groups excluding carboxylic acids is 1. The summed E-state index contributed by atoms with van der Waals surface area (Å²) in [5.41, 5.74) is -0.687. The van der Waals surface area contributed by atoms with Gasteiger partial charge < -0.3 is 19.5 Å². The first-order valence-electron chi connectivity index (χ1n) is 7.75. The first-order valence-corrected chi connectivity index (χ1v) is 7.75. The molecule has 0 unspecified atom stereocenters. The predicted octanol–water partition coefficient (Wildman–Crippen LogP) is 4.38. The monoisotopic (exact) mass is 381 g/mol. The topological polar surface area (TPSA) is 56.8 Å². The highest BCUT2D eigenvalue weighted by molar-refractivity contribution is 6.02. The van der Waals surface area contributed by atoms with Crippen LogP contribution in [0.15, 0.2) is 42.5 Å². The quantitative estimate of drug-likeness (QED) is 0.755. The number of rotatable bonds is 6. The second-order valence-corrected chi connectivity index (χ2v) is 5.32. The Morgan fingerprint density at radius 1 is 1.00 bits per heavy atom. The van der Waals surface area contributed by atoms with Crippen molar-refractivity contribution in [2.45, 2.75) is 6.18 Å². The lowest BCUT2D eigenvalue weighted by Gasteiger charge is -2.13. The normalized spacial score (nSPS) is 11.3. The van der Waals surface area contributed by atoms with Crippen LogP contribution in [-0.4, -0.2) is 27.2 Å². The van der Waals surface area contributed by atoms with Crippen LogP contribution >= 0.6 is 0 Å². The molecule has 0 saturated carbocycles. The molecule has 0 bridgehead atoms. The number of hydrogen-bond acceptors (Lipinski definition) is 4. The second-order valence-electron chi connectivity index (χ2n) is 5.32. The van der Waals surface area contributed by atoms with Crippen LogP contribution in [0.5, 0.6) is 17.2 Å². The van der Waals surface area contributed by atoms with Gasteiger partial charge in [-0.3, -0.25) is 4.79 Å². The molecule has 2 aromatic carbocycles. The zero-order valence-electron chi connectivity index (χ0n) is 14.9. The van der Waals surface area contributed by atoms with Gasteiger partial charge in [0.25, 0.3) is 0 Å². The lowest BCUT2D eigenvalue weighted by molar-refractivity contribution is -0.136. The van der Waals surface area contributed by atoms with E-state index in [1.807, 2.05) is 0 Å². The average Bonchev–Trinajstić information content (AvgIpc) is 2.64. The molecular formula is C19H18F3NO4. The lowest BCUT2D eigenvalue weighted by atomic mass is 10.1. The number of anilines is 1. The molecule has 0 radical (unpaired) electrons. The summed E-state index contributed by atoms with van der Waals surface area (Å²) in [4.78, 5) is 12.0. The summed E-state index contributed by atoms with van der Waals surface area (Å²) in [7, 11) is 4.36. The summed E-state index contributed by atoms with van der Waals surface area (Å²) in [6.45, 7) is 0. The third kappa shape index (κ3) is 4.93. The zero-order chi connectivity index (χ0) is 20.0. The van der Waals surface area contributed by atoms with E-state index in [4.69, 9.17) is 14.2 Å². The zero-order valence-corrected chi connectivity index (χ0v) is 14.9. The number of para-hydroxylation sites is 1. The Labute approximate surface area is 154 Å². The van der Waals surface area contributed by atoms with Crippen LogP contribution in [0, 0.1) is 0 Å². The fourth-order valence-electron chi connectivity index (χ4n) is 2.38. The van der Waals surface area contributed by atoms with Gasteiger partial charge in [-0.25, -0.2) is 0 Å². The van der Waals surface area contributed by atoms with E-state index < -0.39 is 17.6 Å². The fourth-order valence-corrected chi connectivity index (χ4v) is 2.38. The molecule has 0 aromatic heterocycles. The Morgan fingerprint density at radius 2 is 1.59 bits per heavy atom. The van der Waals surface area contributed by atoms with Gasteiger partial charge in [-0.05, 0) is 35.9 Å². The van der Waals surface area contributed by atoms with Crippen molar-refractivity contribution in [3.05, 3.63) is 53.6 Å². The highest BCUT2D eigenvalue weighted by Gasteiger charge is 2.33. The van der Waals surface area contributed by atoms with E-state index in [-0.39, 0.29) is 5.69 Å². The number of alkyl halides is 3. The Bertz CT molecular complexity index is 822. The van der Waals surface area contributed by atoms with Crippen molar-refractivity contribution in [1.29, 1.82) is 0 Å². The third-order valence-corrected chi connectivity index (χ3v) is 3.60. The van der Waals surface area contributed by atoms with E-state index >= 15 is 0 Å². The number of ether oxygens (including phenoxy) is 3. The van der Waals surface area contributed by atoms with Crippen molar-refractivity contribution in [3.8, 4) is 17.2 Å². The molecule has 144 valence electrons. The maximum absolute atomic E-state index is 13.0. The maximum Gasteiger partial charge on any atom is 0.418 e. The summed E-state index contributed by atoms with van der Waals surface area (Å²) in [6, 6.07) is 7.97. The molecule has 1 amide bonds. The van der Waals surface area contributed by atoms with Crippen LogP contribution in [0.3, 0.4) is 0 Å². The first kappa shape index (κ1) is 20.2. The molecule has 0 aliphatic heterocycles. The van der Waals surface area contributed by atoms with Gasteiger partial charge in [-0.15, -0.1) is 0 Å². The molecule has 0 atom stereocenters. The minimum absolute atomic E-state index is 0.315. The van der Waals surface area contributed by atoms with Gasteiger partial charge in [0, 0.05) is 6.08 Å². The first-order chi connectivity index (χ1) is 12.8. The van der Waals surface area contributed by atoms with Crippen LogP contribution in [0.25, 0.3) is 6.08 Å². The number of benzene rings is 2. The summed E-state index contributed by atoms with van der Waals surface area (Å²) in [5.74, 6) is 0.458. The van der Waals surface area contributed by atoms with E-state index in [2.05, 4.69) is 5.32 Å². The molecular weight excluding hydrogens is 363 g/mol. The second kappa shape index (κ2) is 8.48. The minimum atomic E-state index is -4.57. The molecule has 0 saturated heterocycles. The van der Waals surface area contributed by atoms with Crippen LogP contribution in [-0.2, 0) is 11.0 Å². The van der Waals surface area contributed by atoms with Gasteiger partial charge in [0.05, 0.1) is 32.6 Å². The highest BCUT2D eigenvalue weighted by Crippen LogP contribution is 2.38. The van der Waals surface area contributed by atoms with Crippen molar-refractivity contribution in [2.75, 3.05) is 26.6 Å². The Balaban J connectivity index is 2.23. The van der Waals surface area contributed by atoms with Gasteiger partial charge >= 0.3 is 6.18 Å². The van der Waals surface area contributed by atoms with Crippen LogP contribution in [0.4, 0.5) is 18.9 Å². The van der Waals surface area contributed by atoms with E-state index in [0.29, 0.717) is 22.8 Å². The highest BCUT2D eigenvalue weighted by atomic mass is 19.4. The smallest absolute Gasteiger partial charge is 0.418 e.